The summed E-state index contributed by atoms with van der Waals surface area (Å²) in [5, 5.41) is 3.90. The molecule has 0 unspecified atom stereocenters. The van der Waals surface area contributed by atoms with E-state index >= 15 is 0 Å². The van der Waals surface area contributed by atoms with Crippen molar-refractivity contribution in [2.24, 2.45) is 0 Å². The molecule has 2 aromatic rings. The van der Waals surface area contributed by atoms with Crippen LogP contribution in [0.25, 0.3) is 0 Å². The lowest BCUT2D eigenvalue weighted by Crippen LogP contribution is -2.48. The van der Waals surface area contributed by atoms with E-state index < -0.39 is 0 Å². The second kappa shape index (κ2) is 7.57. The van der Waals surface area contributed by atoms with Crippen LogP contribution in [0.15, 0.2) is 36.5 Å². The third-order valence-electron chi connectivity index (χ3n) is 4.05. The second-order valence-electron chi connectivity index (χ2n) is 5.66. The Labute approximate surface area is 140 Å². The van der Waals surface area contributed by atoms with Crippen LogP contribution < -0.4 is 10.2 Å². The fourth-order valence-electron chi connectivity index (χ4n) is 2.75. The molecule has 0 aliphatic carbocycles. The number of rotatable bonds is 5. The molecule has 0 saturated carbocycles. The maximum absolute atomic E-state index is 12.0. The molecule has 1 aromatic carbocycles. The molecule has 23 heavy (non-hydrogen) atoms. The van der Waals surface area contributed by atoms with E-state index in [1.54, 1.807) is 6.20 Å². The van der Waals surface area contributed by atoms with E-state index in [-0.39, 0.29) is 5.91 Å². The highest BCUT2D eigenvalue weighted by atomic mass is 32.1. The number of nitrogens with one attached hydrogen (secondary N) is 1. The standard InChI is InChI=1S/C17H22N4OS/c1-14-19-13-16(23-14)17(22)18-7-8-20-9-11-21(12-10-20)15-5-3-2-4-6-15/h2-6,13H,7-12H2,1H3,(H,18,22). The van der Waals surface area contributed by atoms with Gasteiger partial charge in [-0.3, -0.25) is 9.69 Å². The van der Waals surface area contributed by atoms with Gasteiger partial charge in [-0.25, -0.2) is 4.98 Å². The average Bonchev–Trinajstić information content (AvgIpc) is 3.03. The Morgan fingerprint density at radius 2 is 1.96 bits per heavy atom. The van der Waals surface area contributed by atoms with Gasteiger partial charge in [0, 0.05) is 45.0 Å². The zero-order valence-electron chi connectivity index (χ0n) is 13.4. The summed E-state index contributed by atoms with van der Waals surface area (Å²) < 4.78 is 0. The summed E-state index contributed by atoms with van der Waals surface area (Å²) in [5.41, 5.74) is 1.29. The third-order valence-corrected chi connectivity index (χ3v) is 4.96. The minimum atomic E-state index is -0.0153. The number of hydrogen-bond acceptors (Lipinski definition) is 5. The third kappa shape index (κ3) is 4.30. The molecule has 1 amide bonds. The minimum Gasteiger partial charge on any atom is -0.369 e. The first-order chi connectivity index (χ1) is 11.2. The van der Waals surface area contributed by atoms with Crippen LogP contribution in [0.3, 0.4) is 0 Å². The van der Waals surface area contributed by atoms with Gasteiger partial charge < -0.3 is 10.2 Å². The van der Waals surface area contributed by atoms with Gasteiger partial charge in [-0.2, -0.15) is 0 Å². The first-order valence-electron chi connectivity index (χ1n) is 7.95. The fraction of sp³-hybridized carbons (Fsp3) is 0.412. The minimum absolute atomic E-state index is 0.0153. The number of thiazole rings is 1. The van der Waals surface area contributed by atoms with Crippen molar-refractivity contribution in [3.63, 3.8) is 0 Å². The highest BCUT2D eigenvalue weighted by Gasteiger charge is 2.17. The Hall–Kier alpha value is -1.92. The SMILES string of the molecule is Cc1ncc(C(=O)NCCN2CCN(c3ccccc3)CC2)s1. The smallest absolute Gasteiger partial charge is 0.263 e. The molecule has 6 heteroatoms. The number of aromatic nitrogens is 1. The molecule has 3 rings (SSSR count). The van der Waals surface area contributed by atoms with E-state index in [1.165, 1.54) is 17.0 Å². The number of anilines is 1. The van der Waals surface area contributed by atoms with Crippen molar-refractivity contribution < 1.29 is 4.79 Å². The maximum Gasteiger partial charge on any atom is 0.263 e. The number of piperazine rings is 1. The molecular formula is C17H22N4OS. The summed E-state index contributed by atoms with van der Waals surface area (Å²) in [7, 11) is 0. The van der Waals surface area contributed by atoms with Gasteiger partial charge in [-0.1, -0.05) is 18.2 Å². The largest absolute Gasteiger partial charge is 0.369 e. The zero-order chi connectivity index (χ0) is 16.1. The zero-order valence-corrected chi connectivity index (χ0v) is 14.2. The number of nitrogens with zero attached hydrogens (tertiary/aromatic N) is 3. The molecule has 1 aromatic heterocycles. The summed E-state index contributed by atoms with van der Waals surface area (Å²) in [5.74, 6) is -0.0153. The molecule has 0 bridgehead atoms. The van der Waals surface area contributed by atoms with Gasteiger partial charge in [0.05, 0.1) is 11.2 Å². The summed E-state index contributed by atoms with van der Waals surface area (Å²) >= 11 is 1.44. The van der Waals surface area contributed by atoms with E-state index in [1.807, 2.05) is 13.0 Å². The van der Waals surface area contributed by atoms with Crippen molar-refractivity contribution >= 4 is 22.9 Å². The van der Waals surface area contributed by atoms with Crippen molar-refractivity contribution in [1.29, 1.82) is 0 Å². The number of aryl methyl sites for hydroxylation is 1. The highest BCUT2D eigenvalue weighted by molar-refractivity contribution is 7.13. The number of amides is 1. The molecule has 1 aliphatic heterocycles. The molecule has 2 heterocycles. The van der Waals surface area contributed by atoms with E-state index in [9.17, 15) is 4.79 Å². The van der Waals surface area contributed by atoms with Crippen molar-refractivity contribution in [3.05, 3.63) is 46.4 Å². The Kier molecular flexibility index (Phi) is 5.25. The summed E-state index contributed by atoms with van der Waals surface area (Å²) in [6.45, 7) is 7.62. The molecule has 1 fully saturated rings. The number of carbonyl (C=O) groups is 1. The molecule has 0 radical (unpaired) electrons. The number of para-hydroxylation sites is 1. The van der Waals surface area contributed by atoms with E-state index in [0.717, 1.165) is 37.7 Å². The Morgan fingerprint density at radius 3 is 2.61 bits per heavy atom. The predicted molar refractivity (Wildman–Crippen MR) is 94.3 cm³/mol. The van der Waals surface area contributed by atoms with Crippen LogP contribution >= 0.6 is 11.3 Å². The summed E-state index contributed by atoms with van der Waals surface area (Å²) in [6.07, 6.45) is 1.65. The quantitative estimate of drug-likeness (QED) is 0.911. The topological polar surface area (TPSA) is 48.5 Å². The van der Waals surface area contributed by atoms with Crippen molar-refractivity contribution in [3.8, 4) is 0 Å². The first kappa shape index (κ1) is 16.0. The number of hydrogen-bond donors (Lipinski definition) is 1. The monoisotopic (exact) mass is 330 g/mol. The van der Waals surface area contributed by atoms with Gasteiger partial charge in [-0.15, -0.1) is 11.3 Å². The lowest BCUT2D eigenvalue weighted by molar-refractivity contribution is 0.0951. The lowest BCUT2D eigenvalue weighted by Gasteiger charge is -2.36. The van der Waals surface area contributed by atoms with Gasteiger partial charge in [-0.05, 0) is 19.1 Å². The van der Waals surface area contributed by atoms with Gasteiger partial charge in [0.2, 0.25) is 0 Å². The molecular weight excluding hydrogens is 308 g/mol. The van der Waals surface area contributed by atoms with Crippen LogP contribution in [0, 0.1) is 6.92 Å². The van der Waals surface area contributed by atoms with E-state index in [4.69, 9.17) is 0 Å². The van der Waals surface area contributed by atoms with Crippen LogP contribution in [0.2, 0.25) is 0 Å². The Bertz CT molecular complexity index is 635. The van der Waals surface area contributed by atoms with Gasteiger partial charge >= 0.3 is 0 Å². The fourth-order valence-corrected chi connectivity index (χ4v) is 3.44. The molecule has 122 valence electrons. The number of benzene rings is 1. The first-order valence-corrected chi connectivity index (χ1v) is 8.77. The van der Waals surface area contributed by atoms with Gasteiger partial charge in [0.1, 0.15) is 4.88 Å². The van der Waals surface area contributed by atoms with Crippen LogP contribution in [0.4, 0.5) is 5.69 Å². The normalized spacial score (nSPS) is 15.6. The lowest BCUT2D eigenvalue weighted by atomic mass is 10.2. The van der Waals surface area contributed by atoms with Crippen molar-refractivity contribution in [2.75, 3.05) is 44.2 Å². The molecule has 1 aliphatic rings. The second-order valence-corrected chi connectivity index (χ2v) is 6.90. The molecule has 0 atom stereocenters. The van der Waals surface area contributed by atoms with Crippen molar-refractivity contribution in [1.82, 2.24) is 15.2 Å². The Balaban J connectivity index is 1.39. The molecule has 5 nitrogen and oxygen atoms in total. The van der Waals surface area contributed by atoms with E-state index in [2.05, 4.69) is 44.4 Å². The predicted octanol–water partition coefficient (Wildman–Crippen LogP) is 2.00. The summed E-state index contributed by atoms with van der Waals surface area (Å²) in [6, 6.07) is 10.5. The average molecular weight is 330 g/mol. The Morgan fingerprint density at radius 1 is 1.22 bits per heavy atom. The summed E-state index contributed by atoms with van der Waals surface area (Å²) in [4.78, 5) is 21.6. The molecule has 0 spiro atoms. The van der Waals surface area contributed by atoms with Crippen molar-refractivity contribution in [2.45, 2.75) is 6.92 Å². The molecule has 1 saturated heterocycles. The van der Waals surface area contributed by atoms with Crippen LogP contribution in [0.1, 0.15) is 14.7 Å². The van der Waals surface area contributed by atoms with Crippen LogP contribution in [-0.2, 0) is 0 Å². The maximum atomic E-state index is 12.0. The highest BCUT2D eigenvalue weighted by Crippen LogP contribution is 2.15. The molecule has 1 N–H and O–H groups in total. The van der Waals surface area contributed by atoms with Crippen LogP contribution in [-0.4, -0.2) is 55.1 Å². The number of carbonyl (C=O) groups excluding carboxylic acids is 1. The van der Waals surface area contributed by atoms with Gasteiger partial charge in [0.25, 0.3) is 5.91 Å². The van der Waals surface area contributed by atoms with E-state index in [0.29, 0.717) is 11.4 Å². The van der Waals surface area contributed by atoms with Gasteiger partial charge in [0.15, 0.2) is 0 Å². The van der Waals surface area contributed by atoms with Crippen LogP contribution in [0.5, 0.6) is 0 Å².